The molecule has 64 valence electrons. The van der Waals surface area contributed by atoms with Crippen LogP contribution in [0, 0.1) is 5.92 Å². The van der Waals surface area contributed by atoms with Gasteiger partial charge in [0.25, 0.3) is 0 Å². The van der Waals surface area contributed by atoms with Gasteiger partial charge in [-0.2, -0.15) is 0 Å². The third kappa shape index (κ3) is 3.51. The van der Waals surface area contributed by atoms with Crippen LogP contribution < -0.4 is 0 Å². The van der Waals surface area contributed by atoms with Gasteiger partial charge in [0.05, 0.1) is 6.54 Å². The second kappa shape index (κ2) is 3.86. The Balaban J connectivity index is 2.17. The largest absolute Gasteiger partial charge is 0.299 e. The molecule has 0 radical (unpaired) electrons. The summed E-state index contributed by atoms with van der Waals surface area (Å²) in [4.78, 5) is 13.0. The van der Waals surface area contributed by atoms with Crippen LogP contribution in [0.4, 0.5) is 0 Å². The third-order valence-corrected chi connectivity index (χ3v) is 2.11. The molecule has 0 aromatic heterocycles. The molecule has 0 unspecified atom stereocenters. The van der Waals surface area contributed by atoms with Crippen molar-refractivity contribution in [3.8, 4) is 0 Å². The molecule has 2 heteroatoms. The average molecular weight is 155 g/mol. The SMILES string of the molecule is CCN(CC(C)=O)CC1CC1. The molecule has 0 spiro atoms. The minimum atomic E-state index is 0.285. The van der Waals surface area contributed by atoms with E-state index < -0.39 is 0 Å². The van der Waals surface area contributed by atoms with Crippen molar-refractivity contribution in [3.05, 3.63) is 0 Å². The van der Waals surface area contributed by atoms with E-state index in [0.29, 0.717) is 6.54 Å². The monoisotopic (exact) mass is 155 g/mol. The summed E-state index contributed by atoms with van der Waals surface area (Å²) in [5.74, 6) is 1.18. The van der Waals surface area contributed by atoms with Gasteiger partial charge in [-0.1, -0.05) is 6.92 Å². The van der Waals surface area contributed by atoms with E-state index in [2.05, 4.69) is 11.8 Å². The average Bonchev–Trinajstić information content (AvgIpc) is 2.69. The van der Waals surface area contributed by atoms with Crippen molar-refractivity contribution in [2.75, 3.05) is 19.6 Å². The normalized spacial score (nSPS) is 17.4. The number of ketones is 1. The zero-order valence-corrected chi connectivity index (χ0v) is 7.47. The molecular formula is C9H17NO. The van der Waals surface area contributed by atoms with Gasteiger partial charge in [0.1, 0.15) is 5.78 Å². The van der Waals surface area contributed by atoms with Crippen molar-refractivity contribution in [1.29, 1.82) is 0 Å². The van der Waals surface area contributed by atoms with Gasteiger partial charge in [-0.15, -0.1) is 0 Å². The molecule has 0 atom stereocenters. The highest BCUT2D eigenvalue weighted by molar-refractivity contribution is 5.77. The van der Waals surface area contributed by atoms with E-state index in [0.717, 1.165) is 19.0 Å². The molecular weight excluding hydrogens is 138 g/mol. The highest BCUT2D eigenvalue weighted by atomic mass is 16.1. The zero-order chi connectivity index (χ0) is 8.27. The van der Waals surface area contributed by atoms with Crippen molar-refractivity contribution in [1.82, 2.24) is 4.90 Å². The van der Waals surface area contributed by atoms with Crippen LogP contribution in [0.2, 0.25) is 0 Å². The van der Waals surface area contributed by atoms with Gasteiger partial charge in [-0.25, -0.2) is 0 Å². The van der Waals surface area contributed by atoms with Gasteiger partial charge in [-0.05, 0) is 32.2 Å². The molecule has 0 amide bonds. The van der Waals surface area contributed by atoms with Gasteiger partial charge < -0.3 is 0 Å². The Kier molecular flexibility index (Phi) is 3.06. The lowest BCUT2D eigenvalue weighted by Gasteiger charge is -2.17. The second-order valence-electron chi connectivity index (χ2n) is 3.47. The van der Waals surface area contributed by atoms with Crippen LogP contribution in [0.1, 0.15) is 26.7 Å². The fourth-order valence-corrected chi connectivity index (χ4v) is 1.29. The Labute approximate surface area is 68.6 Å². The minimum absolute atomic E-state index is 0.285. The van der Waals surface area contributed by atoms with E-state index in [-0.39, 0.29) is 5.78 Å². The highest BCUT2D eigenvalue weighted by Crippen LogP contribution is 2.29. The Morgan fingerprint density at radius 1 is 1.55 bits per heavy atom. The van der Waals surface area contributed by atoms with Crippen molar-refractivity contribution in [3.63, 3.8) is 0 Å². The number of carbonyl (C=O) groups is 1. The molecule has 0 aromatic carbocycles. The van der Waals surface area contributed by atoms with Crippen LogP contribution >= 0.6 is 0 Å². The fraction of sp³-hybridized carbons (Fsp3) is 0.889. The van der Waals surface area contributed by atoms with Gasteiger partial charge in [0.15, 0.2) is 0 Å². The molecule has 1 rings (SSSR count). The highest BCUT2D eigenvalue weighted by Gasteiger charge is 2.23. The number of Topliss-reactive ketones (excluding diaryl/α,β-unsaturated/α-hetero) is 1. The number of carbonyl (C=O) groups excluding carboxylic acids is 1. The predicted molar refractivity (Wildman–Crippen MR) is 45.5 cm³/mol. The second-order valence-corrected chi connectivity index (χ2v) is 3.47. The lowest BCUT2D eigenvalue weighted by atomic mass is 10.3. The smallest absolute Gasteiger partial charge is 0.143 e. The van der Waals surface area contributed by atoms with E-state index in [9.17, 15) is 4.79 Å². The Morgan fingerprint density at radius 2 is 2.18 bits per heavy atom. The Morgan fingerprint density at radius 3 is 2.55 bits per heavy atom. The van der Waals surface area contributed by atoms with Gasteiger partial charge in [-0.3, -0.25) is 9.69 Å². The fourth-order valence-electron chi connectivity index (χ4n) is 1.29. The van der Waals surface area contributed by atoms with Gasteiger partial charge in [0.2, 0.25) is 0 Å². The summed E-state index contributed by atoms with van der Waals surface area (Å²) in [6.07, 6.45) is 2.74. The number of hydrogen-bond donors (Lipinski definition) is 0. The first-order valence-electron chi connectivity index (χ1n) is 4.44. The summed E-state index contributed by atoms with van der Waals surface area (Å²) in [5, 5.41) is 0. The number of nitrogens with zero attached hydrogens (tertiary/aromatic N) is 1. The molecule has 0 N–H and O–H groups in total. The summed E-state index contributed by atoms with van der Waals surface area (Å²) in [6.45, 7) is 6.57. The molecule has 0 aromatic rings. The molecule has 1 fully saturated rings. The van der Waals surface area contributed by atoms with Crippen LogP contribution in [0.25, 0.3) is 0 Å². The van der Waals surface area contributed by atoms with Gasteiger partial charge in [0, 0.05) is 6.54 Å². The first-order chi connectivity index (χ1) is 5.22. The summed E-state index contributed by atoms with van der Waals surface area (Å²) < 4.78 is 0. The molecule has 0 bridgehead atoms. The summed E-state index contributed by atoms with van der Waals surface area (Å²) in [5.41, 5.74) is 0. The van der Waals surface area contributed by atoms with Crippen molar-refractivity contribution in [2.45, 2.75) is 26.7 Å². The maximum absolute atomic E-state index is 10.8. The minimum Gasteiger partial charge on any atom is -0.299 e. The number of rotatable bonds is 5. The van der Waals surface area contributed by atoms with Crippen LogP contribution in [0.3, 0.4) is 0 Å². The van der Waals surface area contributed by atoms with E-state index in [1.54, 1.807) is 6.92 Å². The lowest BCUT2D eigenvalue weighted by molar-refractivity contribution is -0.118. The van der Waals surface area contributed by atoms with E-state index in [1.165, 1.54) is 12.8 Å². The molecule has 2 nitrogen and oxygen atoms in total. The third-order valence-electron chi connectivity index (χ3n) is 2.11. The van der Waals surface area contributed by atoms with Crippen LogP contribution in [-0.2, 0) is 4.79 Å². The molecule has 1 aliphatic carbocycles. The molecule has 1 saturated carbocycles. The Hall–Kier alpha value is -0.370. The topological polar surface area (TPSA) is 20.3 Å². The van der Waals surface area contributed by atoms with E-state index in [4.69, 9.17) is 0 Å². The summed E-state index contributed by atoms with van der Waals surface area (Å²) in [7, 11) is 0. The maximum Gasteiger partial charge on any atom is 0.143 e. The molecule has 0 aliphatic heterocycles. The van der Waals surface area contributed by atoms with Crippen LogP contribution in [0.5, 0.6) is 0 Å². The standard InChI is InChI=1S/C9H17NO/c1-3-10(6-8(2)11)7-9-4-5-9/h9H,3-7H2,1-2H3. The maximum atomic E-state index is 10.8. The molecule has 1 aliphatic rings. The Bertz CT molecular complexity index is 140. The first kappa shape index (κ1) is 8.72. The van der Waals surface area contributed by atoms with Crippen molar-refractivity contribution in [2.24, 2.45) is 5.92 Å². The van der Waals surface area contributed by atoms with Crippen molar-refractivity contribution < 1.29 is 4.79 Å². The number of hydrogen-bond acceptors (Lipinski definition) is 2. The zero-order valence-electron chi connectivity index (χ0n) is 7.47. The molecule has 11 heavy (non-hydrogen) atoms. The van der Waals surface area contributed by atoms with Gasteiger partial charge >= 0.3 is 0 Å². The van der Waals surface area contributed by atoms with Crippen LogP contribution in [-0.4, -0.2) is 30.3 Å². The summed E-state index contributed by atoms with van der Waals surface area (Å²) >= 11 is 0. The number of likely N-dealkylation sites (N-methyl/N-ethyl adjacent to an activating group) is 1. The van der Waals surface area contributed by atoms with E-state index >= 15 is 0 Å². The summed E-state index contributed by atoms with van der Waals surface area (Å²) in [6, 6.07) is 0. The lowest BCUT2D eigenvalue weighted by Crippen LogP contribution is -2.30. The predicted octanol–water partition coefficient (Wildman–Crippen LogP) is 1.31. The van der Waals surface area contributed by atoms with Crippen LogP contribution in [0.15, 0.2) is 0 Å². The van der Waals surface area contributed by atoms with E-state index in [1.807, 2.05) is 0 Å². The molecule has 0 saturated heterocycles. The quantitative estimate of drug-likeness (QED) is 0.596. The molecule has 0 heterocycles. The first-order valence-corrected chi connectivity index (χ1v) is 4.44. The van der Waals surface area contributed by atoms with Crippen molar-refractivity contribution >= 4 is 5.78 Å².